The van der Waals surface area contributed by atoms with E-state index in [4.69, 9.17) is 9.47 Å². The highest BCUT2D eigenvalue weighted by molar-refractivity contribution is 6.23. The molecule has 0 bridgehead atoms. The van der Waals surface area contributed by atoms with Gasteiger partial charge in [0.1, 0.15) is 17.5 Å². The second-order valence-corrected chi connectivity index (χ2v) is 6.30. The third kappa shape index (κ3) is 3.22. The molecule has 3 rings (SSSR count). The molecule has 1 heterocycles. The predicted molar refractivity (Wildman–Crippen MR) is 100.0 cm³/mol. The summed E-state index contributed by atoms with van der Waals surface area (Å²) in [6, 6.07) is 10.2. The second-order valence-electron chi connectivity index (χ2n) is 6.30. The minimum atomic E-state index is -0.633. The van der Waals surface area contributed by atoms with E-state index in [1.54, 1.807) is 38.5 Å². The van der Waals surface area contributed by atoms with Crippen LogP contribution < -0.4 is 19.7 Å². The first-order chi connectivity index (χ1) is 12.4. The topological polar surface area (TPSA) is 67.9 Å². The average Bonchev–Trinajstić information content (AvgIpc) is 2.91. The van der Waals surface area contributed by atoms with E-state index in [1.807, 2.05) is 26.0 Å². The van der Waals surface area contributed by atoms with Crippen molar-refractivity contribution in [2.75, 3.05) is 24.4 Å². The fourth-order valence-corrected chi connectivity index (χ4v) is 2.99. The molecular weight excluding hydrogens is 332 g/mol. The molecule has 1 saturated heterocycles. The lowest BCUT2D eigenvalue weighted by atomic mass is 10.1. The molecule has 136 valence electrons. The van der Waals surface area contributed by atoms with E-state index in [9.17, 15) is 9.59 Å². The van der Waals surface area contributed by atoms with Crippen molar-refractivity contribution < 1.29 is 19.1 Å². The van der Waals surface area contributed by atoms with E-state index >= 15 is 0 Å². The summed E-state index contributed by atoms with van der Waals surface area (Å²) in [5, 5.41) is 3.13. The number of imide groups is 1. The Bertz CT molecular complexity index is 863. The zero-order valence-electron chi connectivity index (χ0n) is 15.3. The van der Waals surface area contributed by atoms with Crippen molar-refractivity contribution in [3.8, 4) is 11.5 Å². The molecule has 1 N–H and O–H groups in total. The second kappa shape index (κ2) is 7.07. The van der Waals surface area contributed by atoms with Gasteiger partial charge in [0, 0.05) is 6.07 Å². The van der Waals surface area contributed by atoms with Gasteiger partial charge in [-0.2, -0.15) is 0 Å². The van der Waals surface area contributed by atoms with Crippen LogP contribution in [0.2, 0.25) is 0 Å². The lowest BCUT2D eigenvalue weighted by Gasteiger charge is -2.18. The molecule has 2 amide bonds. The SMILES string of the molecule is COc1ccc(N[C@H]2CC(=O)N(c3ccc(C)c(C)c3)C2=O)c(OC)c1. The van der Waals surface area contributed by atoms with E-state index in [0.29, 0.717) is 22.9 Å². The first-order valence-electron chi connectivity index (χ1n) is 8.37. The van der Waals surface area contributed by atoms with Crippen LogP contribution in [0.5, 0.6) is 11.5 Å². The monoisotopic (exact) mass is 354 g/mol. The molecule has 0 saturated carbocycles. The number of amides is 2. The van der Waals surface area contributed by atoms with Gasteiger partial charge in [-0.1, -0.05) is 6.07 Å². The minimum absolute atomic E-state index is 0.0982. The van der Waals surface area contributed by atoms with Gasteiger partial charge in [0.25, 0.3) is 5.91 Å². The van der Waals surface area contributed by atoms with Crippen molar-refractivity contribution >= 4 is 23.2 Å². The highest BCUT2D eigenvalue weighted by Gasteiger charge is 2.40. The van der Waals surface area contributed by atoms with Crippen molar-refractivity contribution in [2.45, 2.75) is 26.3 Å². The number of anilines is 2. The summed E-state index contributed by atoms with van der Waals surface area (Å²) < 4.78 is 10.5. The molecule has 0 unspecified atom stereocenters. The van der Waals surface area contributed by atoms with Gasteiger partial charge < -0.3 is 14.8 Å². The van der Waals surface area contributed by atoms with E-state index in [2.05, 4.69) is 5.32 Å². The molecule has 1 atom stereocenters. The highest BCUT2D eigenvalue weighted by Crippen LogP contribution is 2.32. The number of nitrogens with one attached hydrogen (secondary N) is 1. The number of hydrogen-bond donors (Lipinski definition) is 1. The van der Waals surface area contributed by atoms with E-state index in [0.717, 1.165) is 11.1 Å². The Morgan fingerprint density at radius 1 is 1.00 bits per heavy atom. The number of ether oxygens (including phenoxy) is 2. The van der Waals surface area contributed by atoms with Crippen molar-refractivity contribution in [1.82, 2.24) is 0 Å². The van der Waals surface area contributed by atoms with Crippen LogP contribution in [0.15, 0.2) is 36.4 Å². The number of methoxy groups -OCH3 is 2. The number of carbonyl (C=O) groups excluding carboxylic acids is 2. The molecule has 0 radical (unpaired) electrons. The lowest BCUT2D eigenvalue weighted by molar-refractivity contribution is -0.121. The minimum Gasteiger partial charge on any atom is -0.497 e. The Morgan fingerprint density at radius 3 is 2.42 bits per heavy atom. The molecular formula is C20H22N2O4. The largest absolute Gasteiger partial charge is 0.497 e. The number of nitrogens with zero attached hydrogens (tertiary/aromatic N) is 1. The van der Waals surface area contributed by atoms with Crippen LogP contribution in [0.4, 0.5) is 11.4 Å². The Labute approximate surface area is 152 Å². The first kappa shape index (κ1) is 17.8. The quantitative estimate of drug-likeness (QED) is 0.836. The molecule has 6 heteroatoms. The van der Waals surface area contributed by atoms with Gasteiger partial charge in [-0.25, -0.2) is 4.90 Å². The molecule has 0 spiro atoms. The first-order valence-corrected chi connectivity index (χ1v) is 8.37. The molecule has 1 aliphatic heterocycles. The van der Waals surface area contributed by atoms with Crippen molar-refractivity contribution in [2.24, 2.45) is 0 Å². The summed E-state index contributed by atoms with van der Waals surface area (Å²) >= 11 is 0. The number of benzene rings is 2. The Morgan fingerprint density at radius 2 is 1.77 bits per heavy atom. The third-order valence-electron chi connectivity index (χ3n) is 4.63. The maximum Gasteiger partial charge on any atom is 0.256 e. The molecule has 1 aliphatic rings. The maximum absolute atomic E-state index is 12.8. The average molecular weight is 354 g/mol. The van der Waals surface area contributed by atoms with Gasteiger partial charge in [-0.05, 0) is 49.2 Å². The van der Waals surface area contributed by atoms with Crippen LogP contribution in [0.1, 0.15) is 17.5 Å². The molecule has 0 aromatic heterocycles. The molecule has 6 nitrogen and oxygen atoms in total. The van der Waals surface area contributed by atoms with Crippen molar-refractivity contribution in [3.63, 3.8) is 0 Å². The predicted octanol–water partition coefficient (Wildman–Crippen LogP) is 3.06. The summed E-state index contributed by atoms with van der Waals surface area (Å²) in [4.78, 5) is 26.5. The van der Waals surface area contributed by atoms with Gasteiger partial charge in [0.15, 0.2) is 0 Å². The van der Waals surface area contributed by atoms with Crippen LogP contribution in [0.25, 0.3) is 0 Å². The number of rotatable bonds is 5. The van der Waals surface area contributed by atoms with Crippen LogP contribution in [-0.2, 0) is 9.59 Å². The fourth-order valence-electron chi connectivity index (χ4n) is 2.99. The Kier molecular flexibility index (Phi) is 4.84. The molecule has 2 aromatic rings. The third-order valence-corrected chi connectivity index (χ3v) is 4.63. The van der Waals surface area contributed by atoms with Crippen LogP contribution in [0, 0.1) is 13.8 Å². The van der Waals surface area contributed by atoms with Gasteiger partial charge in [-0.15, -0.1) is 0 Å². The summed E-state index contributed by atoms with van der Waals surface area (Å²) in [7, 11) is 3.12. The van der Waals surface area contributed by atoms with Crippen LogP contribution >= 0.6 is 0 Å². The van der Waals surface area contributed by atoms with Gasteiger partial charge in [0.05, 0.1) is 32.0 Å². The Balaban J connectivity index is 1.84. The standard InChI is InChI=1S/C20H22N2O4/c1-12-5-6-14(9-13(12)2)22-19(23)11-17(20(22)24)21-16-8-7-15(25-3)10-18(16)26-4/h5-10,17,21H,11H2,1-4H3/t17-/m0/s1. The van der Waals surface area contributed by atoms with E-state index < -0.39 is 6.04 Å². The van der Waals surface area contributed by atoms with Crippen LogP contribution in [-0.4, -0.2) is 32.1 Å². The summed E-state index contributed by atoms with van der Waals surface area (Å²) in [5.41, 5.74) is 3.40. The Hall–Kier alpha value is -3.02. The summed E-state index contributed by atoms with van der Waals surface area (Å²) in [6.45, 7) is 3.95. The number of aryl methyl sites for hydroxylation is 2. The summed E-state index contributed by atoms with van der Waals surface area (Å²) in [5.74, 6) is 0.714. The zero-order chi connectivity index (χ0) is 18.8. The number of hydrogen-bond acceptors (Lipinski definition) is 5. The van der Waals surface area contributed by atoms with Gasteiger partial charge in [-0.3, -0.25) is 9.59 Å². The lowest BCUT2D eigenvalue weighted by Crippen LogP contribution is -2.34. The van der Waals surface area contributed by atoms with E-state index in [-0.39, 0.29) is 18.2 Å². The normalized spacial score (nSPS) is 16.8. The molecule has 0 aliphatic carbocycles. The van der Waals surface area contributed by atoms with E-state index in [1.165, 1.54) is 4.90 Å². The zero-order valence-corrected chi connectivity index (χ0v) is 15.3. The smallest absolute Gasteiger partial charge is 0.256 e. The molecule has 2 aromatic carbocycles. The summed E-state index contributed by atoms with van der Waals surface area (Å²) in [6.07, 6.45) is 0.0982. The maximum atomic E-state index is 12.8. The van der Waals surface area contributed by atoms with Crippen molar-refractivity contribution in [3.05, 3.63) is 47.5 Å². The van der Waals surface area contributed by atoms with Crippen LogP contribution in [0.3, 0.4) is 0 Å². The van der Waals surface area contributed by atoms with Gasteiger partial charge in [0.2, 0.25) is 5.91 Å². The van der Waals surface area contributed by atoms with Gasteiger partial charge >= 0.3 is 0 Å². The fraction of sp³-hybridized carbons (Fsp3) is 0.300. The highest BCUT2D eigenvalue weighted by atomic mass is 16.5. The molecule has 1 fully saturated rings. The molecule has 26 heavy (non-hydrogen) atoms. The van der Waals surface area contributed by atoms with Crippen molar-refractivity contribution in [1.29, 1.82) is 0 Å². The number of carbonyl (C=O) groups is 2.